The molecule has 0 radical (unpaired) electrons. The molecule has 1 fully saturated rings. The number of anilines is 2. The van der Waals surface area contributed by atoms with E-state index in [1.165, 1.54) is 4.68 Å². The van der Waals surface area contributed by atoms with Crippen molar-refractivity contribution in [2.24, 2.45) is 7.05 Å². The summed E-state index contributed by atoms with van der Waals surface area (Å²) in [6.45, 7) is 1.51. The molecule has 2 heterocycles. The van der Waals surface area contributed by atoms with Crippen molar-refractivity contribution in [3.8, 4) is 0 Å². The lowest BCUT2D eigenvalue weighted by atomic mass is 10.0. The summed E-state index contributed by atoms with van der Waals surface area (Å²) in [5, 5.41) is 9.92. The van der Waals surface area contributed by atoms with Crippen LogP contribution < -0.4 is 21.1 Å². The first-order chi connectivity index (χ1) is 12.0. The van der Waals surface area contributed by atoms with Crippen molar-refractivity contribution in [1.29, 1.82) is 0 Å². The van der Waals surface area contributed by atoms with Crippen LogP contribution in [0.2, 0.25) is 0 Å². The van der Waals surface area contributed by atoms with E-state index in [1.54, 1.807) is 13.2 Å². The Labute approximate surface area is 154 Å². The summed E-state index contributed by atoms with van der Waals surface area (Å²) in [4.78, 5) is 26.2. The summed E-state index contributed by atoms with van der Waals surface area (Å²) in [5.74, 6) is 0. The maximum absolute atomic E-state index is 12.1. The van der Waals surface area contributed by atoms with Gasteiger partial charge in [0, 0.05) is 31.9 Å². The van der Waals surface area contributed by atoms with Gasteiger partial charge in [0.1, 0.15) is 4.47 Å². The summed E-state index contributed by atoms with van der Waals surface area (Å²) in [6.07, 6.45) is 3.31. The average molecular weight is 406 g/mol. The number of hydrogen-bond acceptors (Lipinski definition) is 4. The van der Waals surface area contributed by atoms with Gasteiger partial charge in [-0.3, -0.25) is 4.79 Å². The van der Waals surface area contributed by atoms with E-state index in [-0.39, 0.29) is 17.6 Å². The number of urea groups is 1. The smallest absolute Gasteiger partial charge is 0.319 e. The minimum atomic E-state index is -0.193. The van der Waals surface area contributed by atoms with Crippen LogP contribution in [0.4, 0.5) is 16.2 Å². The second kappa shape index (κ2) is 7.69. The molecule has 0 bridgehead atoms. The molecule has 0 unspecified atom stereocenters. The zero-order valence-corrected chi connectivity index (χ0v) is 15.5. The van der Waals surface area contributed by atoms with Gasteiger partial charge in [-0.2, -0.15) is 5.10 Å². The topological polar surface area (TPSA) is 79.3 Å². The van der Waals surface area contributed by atoms with Crippen LogP contribution in [-0.2, 0) is 7.05 Å². The van der Waals surface area contributed by atoms with Crippen molar-refractivity contribution in [2.45, 2.75) is 18.9 Å². The number of nitrogens with one attached hydrogen (secondary N) is 2. The molecular weight excluding hydrogens is 386 g/mol. The van der Waals surface area contributed by atoms with E-state index >= 15 is 0 Å². The number of nitrogens with zero attached hydrogens (tertiary/aromatic N) is 3. The second-order valence-electron chi connectivity index (χ2n) is 6.00. The van der Waals surface area contributed by atoms with Crippen molar-refractivity contribution in [2.75, 3.05) is 23.3 Å². The maximum Gasteiger partial charge on any atom is 0.319 e. The van der Waals surface area contributed by atoms with Crippen LogP contribution >= 0.6 is 15.9 Å². The third-order valence-corrected chi connectivity index (χ3v) is 5.01. The van der Waals surface area contributed by atoms with E-state index in [0.29, 0.717) is 4.47 Å². The lowest BCUT2D eigenvalue weighted by Crippen LogP contribution is -2.46. The number of halogens is 1. The Morgan fingerprint density at radius 3 is 2.60 bits per heavy atom. The lowest BCUT2D eigenvalue weighted by Gasteiger charge is -2.34. The van der Waals surface area contributed by atoms with Gasteiger partial charge >= 0.3 is 6.03 Å². The maximum atomic E-state index is 12.1. The monoisotopic (exact) mass is 405 g/mol. The molecule has 25 heavy (non-hydrogen) atoms. The molecule has 2 N–H and O–H groups in total. The highest BCUT2D eigenvalue weighted by Gasteiger charge is 2.23. The average Bonchev–Trinajstić information content (AvgIpc) is 2.62. The molecule has 2 aromatic rings. The highest BCUT2D eigenvalue weighted by Crippen LogP contribution is 2.24. The molecular formula is C17H20BrN5O2. The Kier molecular flexibility index (Phi) is 5.37. The molecule has 1 aromatic heterocycles. The summed E-state index contributed by atoms with van der Waals surface area (Å²) >= 11 is 3.36. The van der Waals surface area contributed by atoms with Gasteiger partial charge in [-0.05, 0) is 40.9 Å². The number of carbonyl (C=O) groups is 1. The van der Waals surface area contributed by atoms with Gasteiger partial charge in [0.25, 0.3) is 5.56 Å². The number of carbonyl (C=O) groups excluding carboxylic acids is 1. The summed E-state index contributed by atoms with van der Waals surface area (Å²) in [5.41, 5.74) is 1.42. The van der Waals surface area contributed by atoms with E-state index in [9.17, 15) is 9.59 Å². The molecule has 2 amide bonds. The van der Waals surface area contributed by atoms with Crippen molar-refractivity contribution in [1.82, 2.24) is 15.1 Å². The number of benzene rings is 1. The number of aryl methyl sites for hydroxylation is 1. The van der Waals surface area contributed by atoms with Gasteiger partial charge in [-0.1, -0.05) is 18.2 Å². The fraction of sp³-hybridized carbons (Fsp3) is 0.353. The molecule has 7 nitrogen and oxygen atoms in total. The molecule has 0 aliphatic carbocycles. The Hall–Kier alpha value is -2.35. The number of rotatable bonds is 3. The Morgan fingerprint density at radius 2 is 1.92 bits per heavy atom. The SMILES string of the molecule is Cn1ncc(N2CCC(NC(=O)Nc3ccccc3)CC2)c(Br)c1=O. The third-order valence-electron chi connectivity index (χ3n) is 4.26. The van der Waals surface area contributed by atoms with Gasteiger partial charge in [0.2, 0.25) is 0 Å². The van der Waals surface area contributed by atoms with Gasteiger partial charge in [0.05, 0.1) is 11.9 Å². The highest BCUT2D eigenvalue weighted by atomic mass is 79.9. The molecule has 1 aliphatic heterocycles. The molecule has 3 rings (SSSR count). The molecule has 132 valence electrons. The summed E-state index contributed by atoms with van der Waals surface area (Å²) in [6, 6.07) is 9.28. The summed E-state index contributed by atoms with van der Waals surface area (Å²) in [7, 11) is 1.62. The van der Waals surface area contributed by atoms with E-state index in [1.807, 2.05) is 30.3 Å². The third kappa shape index (κ3) is 4.19. The summed E-state index contributed by atoms with van der Waals surface area (Å²) < 4.78 is 1.83. The first-order valence-corrected chi connectivity index (χ1v) is 8.93. The standard InChI is InChI=1S/C17H20BrN5O2/c1-22-16(24)15(18)14(11-19-22)23-9-7-13(8-10-23)21-17(25)20-12-5-3-2-4-6-12/h2-6,11,13H,7-10H2,1H3,(H2,20,21,25). The highest BCUT2D eigenvalue weighted by molar-refractivity contribution is 9.10. The first-order valence-electron chi connectivity index (χ1n) is 8.14. The van der Waals surface area contributed by atoms with Crippen LogP contribution in [0, 0.1) is 0 Å². The number of hydrogen-bond donors (Lipinski definition) is 2. The van der Waals surface area contributed by atoms with Gasteiger partial charge < -0.3 is 15.5 Å². The number of aromatic nitrogens is 2. The molecule has 0 spiro atoms. The van der Waals surface area contributed by atoms with Gasteiger partial charge in [-0.15, -0.1) is 0 Å². The Bertz CT molecular complexity index is 800. The molecule has 1 aromatic carbocycles. The van der Waals surface area contributed by atoms with Crippen molar-refractivity contribution in [3.05, 3.63) is 51.4 Å². The molecule has 0 atom stereocenters. The van der Waals surface area contributed by atoms with E-state index in [4.69, 9.17) is 0 Å². The van der Waals surface area contributed by atoms with Crippen LogP contribution in [0.5, 0.6) is 0 Å². The quantitative estimate of drug-likeness (QED) is 0.820. The Balaban J connectivity index is 1.55. The van der Waals surface area contributed by atoms with Crippen LogP contribution in [0.1, 0.15) is 12.8 Å². The minimum absolute atomic E-state index is 0.109. The van der Waals surface area contributed by atoms with Crippen molar-refractivity contribution < 1.29 is 4.79 Å². The largest absolute Gasteiger partial charge is 0.369 e. The predicted molar refractivity (Wildman–Crippen MR) is 101 cm³/mol. The molecule has 1 aliphatic rings. The normalized spacial score (nSPS) is 15.0. The van der Waals surface area contributed by atoms with Crippen LogP contribution in [-0.4, -0.2) is 34.9 Å². The van der Waals surface area contributed by atoms with E-state index in [2.05, 4.69) is 36.6 Å². The fourth-order valence-corrected chi connectivity index (χ4v) is 3.47. The van der Waals surface area contributed by atoms with Crippen molar-refractivity contribution in [3.63, 3.8) is 0 Å². The second-order valence-corrected chi connectivity index (χ2v) is 6.79. The van der Waals surface area contributed by atoms with Gasteiger partial charge in [0.15, 0.2) is 0 Å². The number of piperidine rings is 1. The fourth-order valence-electron chi connectivity index (χ4n) is 2.86. The Morgan fingerprint density at radius 1 is 1.24 bits per heavy atom. The number of amides is 2. The zero-order valence-electron chi connectivity index (χ0n) is 13.9. The van der Waals surface area contributed by atoms with E-state index < -0.39 is 0 Å². The molecule has 8 heteroatoms. The van der Waals surface area contributed by atoms with E-state index in [0.717, 1.165) is 37.3 Å². The van der Waals surface area contributed by atoms with Crippen LogP contribution in [0.25, 0.3) is 0 Å². The van der Waals surface area contributed by atoms with Crippen molar-refractivity contribution >= 4 is 33.3 Å². The van der Waals surface area contributed by atoms with Crippen LogP contribution in [0.15, 0.2) is 45.8 Å². The first kappa shape index (κ1) is 17.5. The zero-order chi connectivity index (χ0) is 17.8. The molecule has 1 saturated heterocycles. The molecule has 0 saturated carbocycles. The predicted octanol–water partition coefficient (Wildman–Crippen LogP) is 2.33. The number of para-hydroxylation sites is 1. The minimum Gasteiger partial charge on any atom is -0.369 e. The lowest BCUT2D eigenvalue weighted by molar-refractivity contribution is 0.246. The van der Waals surface area contributed by atoms with Crippen LogP contribution in [0.3, 0.4) is 0 Å². The van der Waals surface area contributed by atoms with Gasteiger partial charge in [-0.25, -0.2) is 9.48 Å².